The Bertz CT molecular complexity index is 800. The monoisotopic (exact) mass is 291 g/mol. The van der Waals surface area contributed by atoms with Crippen LogP contribution in [0, 0.1) is 5.82 Å². The molecule has 0 amide bonds. The topological polar surface area (TPSA) is 53.1 Å². The van der Waals surface area contributed by atoms with Gasteiger partial charge in [0, 0.05) is 6.07 Å². The molecule has 0 saturated heterocycles. The quantitative estimate of drug-likeness (QED) is 0.787. The van der Waals surface area contributed by atoms with Crippen molar-refractivity contribution in [1.29, 1.82) is 0 Å². The summed E-state index contributed by atoms with van der Waals surface area (Å²) in [6.07, 6.45) is 0. The summed E-state index contributed by atoms with van der Waals surface area (Å²) in [5.74, 6) is 0.567. The minimum Gasteiger partial charge on any atom is -0.497 e. The van der Waals surface area contributed by atoms with E-state index in [0.29, 0.717) is 17.0 Å². The zero-order valence-electron chi connectivity index (χ0n) is 10.6. The van der Waals surface area contributed by atoms with Crippen molar-refractivity contribution in [3.63, 3.8) is 0 Å². The summed E-state index contributed by atoms with van der Waals surface area (Å²) in [4.78, 5) is 4.27. The standard InChI is InChI=1S/C14H11ClFN3O/c1-20-9-3-5-13-11(7-9)18-14(17)19(13)12-4-2-8(16)6-10(12)15/h2-7H,1H3,(H2,17,18). The van der Waals surface area contributed by atoms with Crippen molar-refractivity contribution in [2.24, 2.45) is 0 Å². The fourth-order valence-electron chi connectivity index (χ4n) is 2.12. The molecule has 1 heterocycles. The number of hydrogen-bond donors (Lipinski definition) is 1. The van der Waals surface area contributed by atoms with Crippen LogP contribution >= 0.6 is 11.6 Å². The molecule has 3 rings (SSSR count). The van der Waals surface area contributed by atoms with Crippen molar-refractivity contribution in [2.75, 3.05) is 12.8 Å². The molecule has 0 fully saturated rings. The molecule has 2 aromatic carbocycles. The highest BCUT2D eigenvalue weighted by atomic mass is 35.5. The lowest BCUT2D eigenvalue weighted by Gasteiger charge is -2.09. The number of methoxy groups -OCH3 is 1. The highest BCUT2D eigenvalue weighted by molar-refractivity contribution is 6.32. The van der Waals surface area contributed by atoms with E-state index in [1.165, 1.54) is 12.1 Å². The maximum absolute atomic E-state index is 13.1. The number of nitrogen functional groups attached to an aromatic ring is 1. The van der Waals surface area contributed by atoms with Gasteiger partial charge in [-0.15, -0.1) is 0 Å². The van der Waals surface area contributed by atoms with Gasteiger partial charge in [-0.05, 0) is 30.3 Å². The largest absolute Gasteiger partial charge is 0.497 e. The molecule has 0 radical (unpaired) electrons. The zero-order valence-corrected chi connectivity index (χ0v) is 11.4. The Morgan fingerprint density at radius 2 is 2.05 bits per heavy atom. The highest BCUT2D eigenvalue weighted by Crippen LogP contribution is 2.30. The van der Waals surface area contributed by atoms with Gasteiger partial charge in [0.2, 0.25) is 5.95 Å². The first kappa shape index (κ1) is 12.7. The minimum atomic E-state index is -0.400. The van der Waals surface area contributed by atoms with Gasteiger partial charge in [0.25, 0.3) is 0 Å². The third kappa shape index (κ3) is 1.96. The second-order valence-electron chi connectivity index (χ2n) is 4.26. The van der Waals surface area contributed by atoms with E-state index in [4.69, 9.17) is 22.1 Å². The number of fused-ring (bicyclic) bond motifs is 1. The number of aromatic nitrogens is 2. The maximum atomic E-state index is 13.1. The van der Waals surface area contributed by atoms with E-state index in [9.17, 15) is 4.39 Å². The smallest absolute Gasteiger partial charge is 0.205 e. The SMILES string of the molecule is COc1ccc2c(c1)nc(N)n2-c1ccc(F)cc1Cl. The molecule has 0 aliphatic heterocycles. The first-order chi connectivity index (χ1) is 9.60. The van der Waals surface area contributed by atoms with E-state index >= 15 is 0 Å². The lowest BCUT2D eigenvalue weighted by atomic mass is 10.2. The van der Waals surface area contributed by atoms with Crippen LogP contribution in [0.25, 0.3) is 16.7 Å². The molecule has 6 heteroatoms. The summed E-state index contributed by atoms with van der Waals surface area (Å²) < 4.78 is 20.0. The number of rotatable bonds is 2. The van der Waals surface area contributed by atoms with Crippen LogP contribution in [0.3, 0.4) is 0 Å². The summed E-state index contributed by atoms with van der Waals surface area (Å²) in [7, 11) is 1.58. The van der Waals surface area contributed by atoms with Crippen LogP contribution in [-0.4, -0.2) is 16.7 Å². The number of hydrogen-bond acceptors (Lipinski definition) is 3. The molecule has 102 valence electrons. The average Bonchev–Trinajstić information content (AvgIpc) is 2.74. The van der Waals surface area contributed by atoms with Gasteiger partial charge in [0.05, 0.1) is 28.9 Å². The number of imidazole rings is 1. The van der Waals surface area contributed by atoms with Crippen LogP contribution in [0.4, 0.5) is 10.3 Å². The molecule has 2 N–H and O–H groups in total. The van der Waals surface area contributed by atoms with Gasteiger partial charge in [-0.3, -0.25) is 4.57 Å². The number of nitrogens with two attached hydrogens (primary N) is 1. The second kappa shape index (κ2) is 4.68. The molecular weight excluding hydrogens is 281 g/mol. The van der Waals surface area contributed by atoms with Crippen molar-refractivity contribution in [3.05, 3.63) is 47.2 Å². The van der Waals surface area contributed by atoms with Crippen LogP contribution < -0.4 is 10.5 Å². The molecular formula is C14H11ClFN3O. The van der Waals surface area contributed by atoms with Crippen molar-refractivity contribution in [2.45, 2.75) is 0 Å². The molecule has 3 aromatic rings. The van der Waals surface area contributed by atoms with Crippen LogP contribution in [0.15, 0.2) is 36.4 Å². The summed E-state index contributed by atoms with van der Waals surface area (Å²) in [5, 5.41) is 0.270. The zero-order chi connectivity index (χ0) is 14.3. The van der Waals surface area contributed by atoms with Crippen LogP contribution in [0.2, 0.25) is 5.02 Å². The van der Waals surface area contributed by atoms with E-state index in [-0.39, 0.29) is 11.0 Å². The molecule has 0 aliphatic carbocycles. The number of anilines is 1. The lowest BCUT2D eigenvalue weighted by molar-refractivity contribution is 0.415. The first-order valence-corrected chi connectivity index (χ1v) is 6.25. The summed E-state index contributed by atoms with van der Waals surface area (Å²) in [6.45, 7) is 0. The number of benzene rings is 2. The van der Waals surface area contributed by atoms with Gasteiger partial charge in [-0.2, -0.15) is 0 Å². The normalized spacial score (nSPS) is 10.9. The highest BCUT2D eigenvalue weighted by Gasteiger charge is 2.13. The number of ether oxygens (including phenoxy) is 1. The van der Waals surface area contributed by atoms with E-state index in [0.717, 1.165) is 5.52 Å². The van der Waals surface area contributed by atoms with Crippen LogP contribution in [-0.2, 0) is 0 Å². The van der Waals surface area contributed by atoms with E-state index in [1.807, 2.05) is 6.07 Å². The van der Waals surface area contributed by atoms with Crippen molar-refractivity contribution >= 4 is 28.6 Å². The number of halogens is 2. The first-order valence-electron chi connectivity index (χ1n) is 5.87. The van der Waals surface area contributed by atoms with E-state index in [1.54, 1.807) is 29.9 Å². The van der Waals surface area contributed by atoms with E-state index < -0.39 is 5.82 Å². The van der Waals surface area contributed by atoms with Gasteiger partial charge in [0.1, 0.15) is 11.6 Å². The molecule has 0 bridgehead atoms. The fourth-order valence-corrected chi connectivity index (χ4v) is 2.37. The van der Waals surface area contributed by atoms with Gasteiger partial charge in [-0.1, -0.05) is 11.6 Å². The summed E-state index contributed by atoms with van der Waals surface area (Å²) in [6, 6.07) is 9.55. The van der Waals surface area contributed by atoms with Crippen molar-refractivity contribution in [1.82, 2.24) is 9.55 Å². The summed E-state index contributed by atoms with van der Waals surface area (Å²) in [5.41, 5.74) is 7.98. The van der Waals surface area contributed by atoms with Gasteiger partial charge < -0.3 is 10.5 Å². The predicted octanol–water partition coefficient (Wildman–Crippen LogP) is 3.41. The molecule has 0 aliphatic rings. The molecule has 0 spiro atoms. The fraction of sp³-hybridized carbons (Fsp3) is 0.0714. The van der Waals surface area contributed by atoms with E-state index in [2.05, 4.69) is 4.98 Å². The van der Waals surface area contributed by atoms with Gasteiger partial charge in [-0.25, -0.2) is 9.37 Å². The van der Waals surface area contributed by atoms with Crippen LogP contribution in [0.1, 0.15) is 0 Å². The third-order valence-electron chi connectivity index (χ3n) is 3.04. The minimum absolute atomic E-state index is 0.270. The third-order valence-corrected chi connectivity index (χ3v) is 3.34. The maximum Gasteiger partial charge on any atom is 0.205 e. The Morgan fingerprint density at radius 3 is 2.75 bits per heavy atom. The Kier molecular flexibility index (Phi) is 2.99. The predicted molar refractivity (Wildman–Crippen MR) is 77.0 cm³/mol. The van der Waals surface area contributed by atoms with Crippen LogP contribution in [0.5, 0.6) is 5.75 Å². The molecule has 1 aromatic heterocycles. The summed E-state index contributed by atoms with van der Waals surface area (Å²) >= 11 is 6.08. The molecule has 4 nitrogen and oxygen atoms in total. The Balaban J connectivity index is 2.27. The van der Waals surface area contributed by atoms with Gasteiger partial charge >= 0.3 is 0 Å². The second-order valence-corrected chi connectivity index (χ2v) is 4.66. The van der Waals surface area contributed by atoms with Gasteiger partial charge in [0.15, 0.2) is 0 Å². The lowest BCUT2D eigenvalue weighted by Crippen LogP contribution is -2.01. The molecule has 0 atom stereocenters. The number of nitrogens with zero attached hydrogens (tertiary/aromatic N) is 2. The molecule has 0 saturated carbocycles. The van der Waals surface area contributed by atoms with Crippen molar-refractivity contribution < 1.29 is 9.13 Å². The Labute approximate surface area is 119 Å². The van der Waals surface area contributed by atoms with Crippen molar-refractivity contribution in [3.8, 4) is 11.4 Å². The average molecular weight is 292 g/mol. The Morgan fingerprint density at radius 1 is 1.25 bits per heavy atom. The molecule has 0 unspecified atom stereocenters. The Hall–Kier alpha value is -2.27. The molecule has 20 heavy (non-hydrogen) atoms.